The smallest absolute Gasteiger partial charge is 0.224 e. The van der Waals surface area contributed by atoms with Gasteiger partial charge >= 0.3 is 0 Å². The molecule has 3 atom stereocenters. The zero-order valence-electron chi connectivity index (χ0n) is 8.33. The van der Waals surface area contributed by atoms with Crippen molar-refractivity contribution in [2.24, 2.45) is 0 Å². The Morgan fingerprint density at radius 2 is 1.61 bits per heavy atom. The summed E-state index contributed by atoms with van der Waals surface area (Å²) in [6.07, 6.45) is -1.51. The lowest BCUT2D eigenvalue weighted by Gasteiger charge is -2.36. The molecule has 1 N–H and O–H groups in total. The molecule has 0 aromatic carbocycles. The Morgan fingerprint density at radius 1 is 1.17 bits per heavy atom. The number of hydrogen-bond acceptors (Lipinski definition) is 4. The summed E-state index contributed by atoms with van der Waals surface area (Å²) in [5.74, 6) is -2.44. The molecule has 0 radical (unpaired) electrons. The molecule has 0 rings (SSSR count). The minimum Gasteiger partial charge on any atom is -0.777 e. The highest BCUT2D eigenvalue weighted by molar-refractivity contribution is 7.52. The van der Waals surface area contributed by atoms with E-state index in [1.807, 2.05) is 0 Å². The van der Waals surface area contributed by atoms with Crippen molar-refractivity contribution in [1.82, 2.24) is 0 Å². The van der Waals surface area contributed by atoms with Crippen LogP contribution in [0.15, 0.2) is 0 Å². The third-order valence-corrected chi connectivity index (χ3v) is 5.16. The Bertz CT molecular complexity index is 314. The van der Waals surface area contributed by atoms with Crippen molar-refractivity contribution in [3.05, 3.63) is 0 Å². The average Bonchev–Trinajstić information content (AvgIpc) is 2.12. The summed E-state index contributed by atoms with van der Waals surface area (Å²) in [6.45, 7) is 0. The highest BCUT2D eigenvalue weighted by atomic mass is 35.6. The van der Waals surface area contributed by atoms with Gasteiger partial charge in [-0.15, -0.1) is 11.6 Å². The van der Waals surface area contributed by atoms with Gasteiger partial charge in [-0.05, 0) is 6.42 Å². The maximum absolute atomic E-state index is 11.6. The van der Waals surface area contributed by atoms with Gasteiger partial charge in [0.05, 0.1) is 0 Å². The van der Waals surface area contributed by atoms with Gasteiger partial charge in [0.15, 0.2) is 13.4 Å². The highest BCUT2D eigenvalue weighted by Crippen LogP contribution is 2.54. The van der Waals surface area contributed by atoms with Crippen LogP contribution in [0.5, 0.6) is 0 Å². The summed E-state index contributed by atoms with van der Waals surface area (Å²) >= 11 is 37.7. The second-order valence-electron chi connectivity index (χ2n) is 3.07. The van der Waals surface area contributed by atoms with Crippen LogP contribution in [0.3, 0.4) is 0 Å². The molecule has 0 aromatic heterocycles. The largest absolute Gasteiger partial charge is 0.777 e. The van der Waals surface area contributed by atoms with Crippen LogP contribution < -0.4 is 4.89 Å². The minimum absolute atomic E-state index is 0.0392. The molecule has 3 unspecified atom stereocenters. The molecule has 0 aromatic rings. The Labute approximate surface area is 139 Å². The van der Waals surface area contributed by atoms with Crippen molar-refractivity contribution < 1.29 is 19.1 Å². The van der Waals surface area contributed by atoms with Crippen molar-refractivity contribution in [3.8, 4) is 0 Å². The molecule has 0 aliphatic heterocycles. The van der Waals surface area contributed by atoms with Crippen molar-refractivity contribution in [1.29, 1.82) is 0 Å². The molecule has 0 aliphatic rings. The lowest BCUT2D eigenvalue weighted by Crippen LogP contribution is -2.36. The molecule has 0 amide bonds. The third-order valence-electron chi connectivity index (χ3n) is 1.60. The predicted molar refractivity (Wildman–Crippen MR) is 74.4 cm³/mol. The summed E-state index contributed by atoms with van der Waals surface area (Å²) in [6, 6.07) is 0. The minimum atomic E-state index is -4.99. The Kier molecular flexibility index (Phi) is 8.30. The monoisotopic (exact) mass is 419 g/mol. The number of rotatable bonds is 5. The van der Waals surface area contributed by atoms with Gasteiger partial charge in [-0.25, -0.2) is 0 Å². The van der Waals surface area contributed by atoms with Gasteiger partial charge in [0.25, 0.3) is 0 Å². The first-order valence-corrected chi connectivity index (χ1v) is 8.60. The Balaban J connectivity index is 4.98. The number of halogens is 7. The van der Waals surface area contributed by atoms with E-state index in [-0.39, 0.29) is 12.3 Å². The van der Waals surface area contributed by atoms with Crippen molar-refractivity contribution in [3.63, 3.8) is 0 Å². The zero-order valence-corrected chi connectivity index (χ0v) is 14.5. The molecule has 4 nitrogen and oxygen atoms in total. The number of aliphatic hydroxyl groups is 1. The van der Waals surface area contributed by atoms with E-state index in [2.05, 4.69) is 4.52 Å². The summed E-state index contributed by atoms with van der Waals surface area (Å²) in [5.41, 5.74) is 0. The molecule has 0 bridgehead atoms. The van der Waals surface area contributed by atoms with Crippen LogP contribution in [0.25, 0.3) is 0 Å². The molecule has 0 saturated carbocycles. The van der Waals surface area contributed by atoms with Crippen LogP contribution >= 0.6 is 88.8 Å². The normalized spacial score (nSPS) is 20.3. The van der Waals surface area contributed by atoms with E-state index in [9.17, 15) is 14.6 Å². The van der Waals surface area contributed by atoms with Gasteiger partial charge in [0.2, 0.25) is 7.59 Å². The van der Waals surface area contributed by atoms with Crippen LogP contribution in [-0.2, 0) is 9.09 Å². The zero-order chi connectivity index (χ0) is 14.8. The Hall–Kier alpha value is 2.14. The average molecular weight is 422 g/mol. The van der Waals surface area contributed by atoms with Gasteiger partial charge in [-0.3, -0.25) is 0 Å². The van der Waals surface area contributed by atoms with Crippen LogP contribution in [-0.4, -0.2) is 30.5 Å². The molecule has 12 heteroatoms. The molecule has 0 fully saturated rings. The first kappa shape index (κ1) is 20.1. The number of alkyl halides is 7. The summed E-state index contributed by atoms with van der Waals surface area (Å²) in [5, 5.41) is 9.34. The summed E-state index contributed by atoms with van der Waals surface area (Å²) in [7, 11) is -4.99. The molecule has 0 heterocycles. The van der Waals surface area contributed by atoms with Crippen LogP contribution in [0.4, 0.5) is 0 Å². The number of hydrogen-bond donors (Lipinski definition) is 1. The fourth-order valence-corrected chi connectivity index (χ4v) is 3.80. The van der Waals surface area contributed by atoms with E-state index in [1.54, 1.807) is 0 Å². The lowest BCUT2D eigenvalue weighted by molar-refractivity contribution is -0.211. The summed E-state index contributed by atoms with van der Waals surface area (Å²) < 4.78 is 11.6. The second kappa shape index (κ2) is 7.42. The summed E-state index contributed by atoms with van der Waals surface area (Å²) in [4.78, 5) is 11.6. The second-order valence-corrected chi connectivity index (χ2v) is 9.96. The standard InChI is InChI=1S/C6H8Cl7O4P/c7-2-1-3(5(8,9)10)17-18(15,16)4(14)6(11,12)13/h3-4,14H,1-2H2,(H,15,16)/p-1. The SMILES string of the molecule is O=P([O-])(OC(CCCl)C(Cl)(Cl)Cl)C(O)C(Cl)(Cl)Cl. The van der Waals surface area contributed by atoms with E-state index in [0.717, 1.165) is 0 Å². The van der Waals surface area contributed by atoms with Gasteiger partial charge < -0.3 is 19.1 Å². The molecule has 0 spiro atoms. The third kappa shape index (κ3) is 6.73. The van der Waals surface area contributed by atoms with Crippen molar-refractivity contribution in [2.75, 3.05) is 5.88 Å². The van der Waals surface area contributed by atoms with Crippen molar-refractivity contribution >= 4 is 88.8 Å². The molecule has 18 heavy (non-hydrogen) atoms. The van der Waals surface area contributed by atoms with Crippen LogP contribution in [0.2, 0.25) is 0 Å². The van der Waals surface area contributed by atoms with E-state index >= 15 is 0 Å². The fraction of sp³-hybridized carbons (Fsp3) is 1.00. The lowest BCUT2D eigenvalue weighted by atomic mass is 10.3. The molecular weight excluding hydrogens is 415 g/mol. The van der Waals surface area contributed by atoms with E-state index in [0.29, 0.717) is 0 Å². The molecular formula is C6H7Cl7O4P-. The van der Waals surface area contributed by atoms with Crippen LogP contribution in [0.1, 0.15) is 6.42 Å². The maximum atomic E-state index is 11.6. The Morgan fingerprint density at radius 3 is 1.89 bits per heavy atom. The quantitative estimate of drug-likeness (QED) is 0.543. The van der Waals surface area contributed by atoms with Gasteiger partial charge in [-0.1, -0.05) is 69.6 Å². The topological polar surface area (TPSA) is 69.6 Å². The van der Waals surface area contributed by atoms with Crippen molar-refractivity contribution in [2.45, 2.75) is 26.0 Å². The van der Waals surface area contributed by atoms with Gasteiger partial charge in [-0.2, -0.15) is 0 Å². The molecule has 0 aliphatic carbocycles. The fourth-order valence-electron chi connectivity index (χ4n) is 0.790. The van der Waals surface area contributed by atoms with Gasteiger partial charge in [0.1, 0.15) is 6.10 Å². The number of aliphatic hydroxyl groups excluding tert-OH is 1. The predicted octanol–water partition coefficient (Wildman–Crippen LogP) is 3.61. The van der Waals surface area contributed by atoms with E-state index in [4.69, 9.17) is 81.2 Å². The maximum Gasteiger partial charge on any atom is 0.224 e. The molecule has 0 saturated heterocycles. The van der Waals surface area contributed by atoms with E-state index in [1.165, 1.54) is 0 Å². The first-order chi connectivity index (χ1) is 7.82. The molecule has 110 valence electrons. The van der Waals surface area contributed by atoms with Crippen LogP contribution in [0, 0.1) is 0 Å². The first-order valence-electron chi connectivity index (χ1n) is 4.19. The van der Waals surface area contributed by atoms with Gasteiger partial charge in [0, 0.05) is 5.88 Å². The van der Waals surface area contributed by atoms with E-state index < -0.39 is 27.1 Å². The highest BCUT2D eigenvalue weighted by Gasteiger charge is 2.44.